The Labute approximate surface area is 159 Å². The van der Waals surface area contributed by atoms with Gasteiger partial charge in [0.15, 0.2) is 0 Å². The summed E-state index contributed by atoms with van der Waals surface area (Å²) >= 11 is 0. The van der Waals surface area contributed by atoms with Gasteiger partial charge in [-0.15, -0.1) is 0 Å². The Morgan fingerprint density at radius 2 is 1.89 bits per heavy atom. The number of rotatable bonds is 7. The summed E-state index contributed by atoms with van der Waals surface area (Å²) in [5.74, 6) is -1.96. The number of likely N-dealkylation sites (tertiary alicyclic amines) is 1. The van der Waals surface area contributed by atoms with Crippen LogP contribution in [-0.4, -0.2) is 47.1 Å². The van der Waals surface area contributed by atoms with Crippen LogP contribution in [0.25, 0.3) is 0 Å². The predicted octanol–water partition coefficient (Wildman–Crippen LogP) is 2.29. The van der Waals surface area contributed by atoms with Gasteiger partial charge < -0.3 is 20.5 Å². The molecule has 1 aromatic rings. The molecule has 27 heavy (non-hydrogen) atoms. The number of carbonyl (C=O) groups is 2. The third kappa shape index (κ3) is 4.66. The molecule has 1 saturated heterocycles. The normalized spacial score (nSPS) is 23.6. The minimum absolute atomic E-state index is 0.0198. The molecule has 4 N–H and O–H groups in total. The van der Waals surface area contributed by atoms with Crippen molar-refractivity contribution in [2.24, 2.45) is 11.7 Å². The van der Waals surface area contributed by atoms with E-state index in [2.05, 4.69) is 0 Å². The number of nitrogens with two attached hydrogens (primary N) is 1. The first kappa shape index (κ1) is 19.4. The number of amidine groups is 1. The number of nitrogens with zero attached hydrogens (tertiary/aromatic N) is 1. The maximum absolute atomic E-state index is 12.8. The lowest BCUT2D eigenvalue weighted by atomic mass is 9.86. The lowest BCUT2D eigenvalue weighted by Crippen LogP contribution is -2.33. The second-order valence-electron chi connectivity index (χ2n) is 7.46. The highest BCUT2D eigenvalue weighted by atomic mass is 16.5. The number of carboxylic acids is 1. The van der Waals surface area contributed by atoms with Crippen LogP contribution in [-0.2, 0) is 14.3 Å². The number of aliphatic carboxylic acids is 1. The zero-order chi connectivity index (χ0) is 19.4. The van der Waals surface area contributed by atoms with Crippen molar-refractivity contribution >= 4 is 17.7 Å². The molecule has 1 aromatic carbocycles. The predicted molar refractivity (Wildman–Crippen MR) is 100 cm³/mol. The van der Waals surface area contributed by atoms with Crippen molar-refractivity contribution < 1.29 is 19.4 Å². The van der Waals surface area contributed by atoms with Crippen molar-refractivity contribution in [1.29, 1.82) is 5.41 Å². The largest absolute Gasteiger partial charge is 0.481 e. The molecule has 1 aliphatic heterocycles. The summed E-state index contributed by atoms with van der Waals surface area (Å²) in [4.78, 5) is 25.7. The molecule has 3 rings (SSSR count). The number of hydrogen-bond acceptors (Lipinski definition) is 4. The molecule has 2 fully saturated rings. The number of nitrogens with one attached hydrogen (secondary N) is 1. The lowest BCUT2D eigenvalue weighted by Gasteiger charge is -2.25. The fraction of sp³-hybridized carbons (Fsp3) is 0.550. The van der Waals surface area contributed by atoms with Crippen molar-refractivity contribution in [3.05, 3.63) is 35.4 Å². The summed E-state index contributed by atoms with van der Waals surface area (Å²) < 4.78 is 5.94. The van der Waals surface area contributed by atoms with Crippen LogP contribution in [0.1, 0.15) is 55.6 Å². The van der Waals surface area contributed by atoms with Gasteiger partial charge in [0.25, 0.3) is 0 Å². The van der Waals surface area contributed by atoms with Crippen LogP contribution in [0.2, 0.25) is 0 Å². The van der Waals surface area contributed by atoms with Gasteiger partial charge in [-0.3, -0.25) is 15.0 Å². The molecular weight excluding hydrogens is 346 g/mol. The Morgan fingerprint density at radius 3 is 2.48 bits per heavy atom. The summed E-state index contributed by atoms with van der Waals surface area (Å²) in [5.41, 5.74) is 6.99. The minimum Gasteiger partial charge on any atom is -0.481 e. The van der Waals surface area contributed by atoms with Crippen molar-refractivity contribution in [2.75, 3.05) is 13.3 Å². The maximum Gasteiger partial charge on any atom is 0.304 e. The molecule has 7 nitrogen and oxygen atoms in total. The first-order valence-corrected chi connectivity index (χ1v) is 9.52. The second kappa shape index (κ2) is 8.52. The van der Waals surface area contributed by atoms with E-state index < -0.39 is 11.9 Å². The molecule has 0 unspecified atom stereocenters. The number of hydrogen-bond donors (Lipinski definition) is 3. The van der Waals surface area contributed by atoms with Crippen LogP contribution in [0.15, 0.2) is 24.3 Å². The summed E-state index contributed by atoms with van der Waals surface area (Å²) in [6.45, 7) is 0.671. The minimum atomic E-state index is -0.978. The van der Waals surface area contributed by atoms with Crippen molar-refractivity contribution in [3.63, 3.8) is 0 Å². The first-order valence-electron chi connectivity index (χ1n) is 9.52. The fourth-order valence-electron chi connectivity index (χ4n) is 4.07. The fourth-order valence-corrected chi connectivity index (χ4v) is 4.07. The SMILES string of the molecule is N=C(N)c1ccc([C@@H]2CN(COC3CCCCC3)C(=O)[C@H]2CC(=O)O)cc1. The molecule has 1 heterocycles. The Kier molecular flexibility index (Phi) is 6.11. The van der Waals surface area contributed by atoms with Crippen LogP contribution in [0.4, 0.5) is 0 Å². The molecule has 1 saturated carbocycles. The maximum atomic E-state index is 12.8. The quantitative estimate of drug-likeness (QED) is 0.501. The molecule has 2 aliphatic rings. The Bertz CT molecular complexity index is 698. The van der Waals surface area contributed by atoms with Gasteiger partial charge in [-0.2, -0.15) is 0 Å². The standard InChI is InChI=1S/C20H27N3O4/c21-19(22)14-8-6-13(7-9-14)17-11-23(20(26)16(17)10-18(24)25)12-27-15-4-2-1-3-5-15/h6-9,15-17H,1-5,10-12H2,(H3,21,22)(H,24,25)/t16-,17-/m0/s1. The molecule has 1 aliphatic carbocycles. The van der Waals surface area contributed by atoms with Gasteiger partial charge in [0, 0.05) is 18.0 Å². The van der Waals surface area contributed by atoms with Gasteiger partial charge in [-0.05, 0) is 18.4 Å². The van der Waals surface area contributed by atoms with E-state index in [1.54, 1.807) is 17.0 Å². The van der Waals surface area contributed by atoms with E-state index in [0.29, 0.717) is 12.1 Å². The highest BCUT2D eigenvalue weighted by Crippen LogP contribution is 2.36. The van der Waals surface area contributed by atoms with E-state index in [-0.39, 0.29) is 36.9 Å². The van der Waals surface area contributed by atoms with Gasteiger partial charge >= 0.3 is 5.97 Å². The van der Waals surface area contributed by atoms with Gasteiger partial charge in [0.1, 0.15) is 12.6 Å². The number of nitrogen functional groups attached to an aromatic ring is 1. The topological polar surface area (TPSA) is 117 Å². The highest BCUT2D eigenvalue weighted by molar-refractivity contribution is 5.95. The van der Waals surface area contributed by atoms with Crippen LogP contribution in [0.3, 0.4) is 0 Å². The monoisotopic (exact) mass is 373 g/mol. The van der Waals surface area contributed by atoms with E-state index in [0.717, 1.165) is 31.2 Å². The number of benzene rings is 1. The van der Waals surface area contributed by atoms with Crippen LogP contribution in [0, 0.1) is 11.3 Å². The number of amides is 1. The van der Waals surface area contributed by atoms with E-state index >= 15 is 0 Å². The van der Waals surface area contributed by atoms with Crippen LogP contribution < -0.4 is 5.73 Å². The molecule has 7 heteroatoms. The van der Waals surface area contributed by atoms with E-state index in [1.165, 1.54) is 6.42 Å². The Balaban J connectivity index is 1.71. The zero-order valence-corrected chi connectivity index (χ0v) is 15.4. The van der Waals surface area contributed by atoms with Crippen molar-refractivity contribution in [2.45, 2.75) is 50.5 Å². The van der Waals surface area contributed by atoms with Gasteiger partial charge in [0.05, 0.1) is 18.4 Å². The van der Waals surface area contributed by atoms with Crippen LogP contribution in [0.5, 0.6) is 0 Å². The molecule has 2 atom stereocenters. The average Bonchev–Trinajstić information content (AvgIpc) is 2.96. The molecule has 146 valence electrons. The van der Waals surface area contributed by atoms with E-state index in [4.69, 9.17) is 15.9 Å². The highest BCUT2D eigenvalue weighted by Gasteiger charge is 2.42. The third-order valence-corrected chi connectivity index (χ3v) is 5.59. The number of carboxylic acid groups (broad SMARTS) is 1. The zero-order valence-electron chi connectivity index (χ0n) is 15.4. The van der Waals surface area contributed by atoms with Gasteiger partial charge in [-0.25, -0.2) is 0 Å². The summed E-state index contributed by atoms with van der Waals surface area (Å²) in [6.07, 6.45) is 5.60. The number of carbonyl (C=O) groups excluding carboxylic acids is 1. The Morgan fingerprint density at radius 1 is 1.22 bits per heavy atom. The second-order valence-corrected chi connectivity index (χ2v) is 7.46. The average molecular weight is 373 g/mol. The van der Waals surface area contributed by atoms with E-state index in [9.17, 15) is 14.7 Å². The van der Waals surface area contributed by atoms with E-state index in [1.807, 2.05) is 12.1 Å². The molecule has 0 radical (unpaired) electrons. The molecule has 0 aromatic heterocycles. The van der Waals surface area contributed by atoms with Gasteiger partial charge in [0.2, 0.25) is 5.91 Å². The first-order chi connectivity index (χ1) is 13.0. The Hall–Kier alpha value is -2.41. The molecule has 1 amide bonds. The molecule has 0 bridgehead atoms. The number of ether oxygens (including phenoxy) is 1. The smallest absolute Gasteiger partial charge is 0.304 e. The molecule has 0 spiro atoms. The van der Waals surface area contributed by atoms with Gasteiger partial charge in [-0.1, -0.05) is 43.5 Å². The molecular formula is C20H27N3O4. The third-order valence-electron chi connectivity index (χ3n) is 5.59. The summed E-state index contributed by atoms with van der Waals surface area (Å²) in [5, 5.41) is 16.7. The lowest BCUT2D eigenvalue weighted by molar-refractivity contribution is -0.144. The van der Waals surface area contributed by atoms with Crippen LogP contribution >= 0.6 is 0 Å². The van der Waals surface area contributed by atoms with Crippen molar-refractivity contribution in [3.8, 4) is 0 Å². The summed E-state index contributed by atoms with van der Waals surface area (Å²) in [6, 6.07) is 7.13. The summed E-state index contributed by atoms with van der Waals surface area (Å²) in [7, 11) is 0. The van der Waals surface area contributed by atoms with Crippen molar-refractivity contribution in [1.82, 2.24) is 4.90 Å².